The maximum Gasteiger partial charge on any atom is 0.176 e. The van der Waals surface area contributed by atoms with Crippen LogP contribution in [0.15, 0.2) is 63.8 Å². The van der Waals surface area contributed by atoms with Gasteiger partial charge >= 0.3 is 0 Å². The molecule has 0 bridgehead atoms. The Morgan fingerprint density at radius 3 is 2.61 bits per heavy atom. The minimum Gasteiger partial charge on any atom is -0.497 e. The molecule has 0 fully saturated rings. The summed E-state index contributed by atoms with van der Waals surface area (Å²) in [5, 5.41) is 12.1. The number of ether oxygens (including phenoxy) is 1. The van der Waals surface area contributed by atoms with Gasteiger partial charge in [0, 0.05) is 5.56 Å². The van der Waals surface area contributed by atoms with Crippen LogP contribution in [0.25, 0.3) is 0 Å². The molecular weight excluding hydrogens is 297 g/mol. The van der Waals surface area contributed by atoms with Crippen molar-refractivity contribution in [2.24, 2.45) is 21.0 Å². The molecule has 6 nitrogen and oxygen atoms in total. The fraction of sp³-hybridized carbons (Fsp3) is 0.0625. The molecular formula is C16H14FN5O. The topological polar surface area (TPSA) is 84.4 Å². The van der Waals surface area contributed by atoms with E-state index < -0.39 is 0 Å². The summed E-state index contributed by atoms with van der Waals surface area (Å²) in [6.45, 7) is 0. The number of methoxy groups -OCH3 is 1. The smallest absolute Gasteiger partial charge is 0.176 e. The van der Waals surface area contributed by atoms with Gasteiger partial charge in [0.05, 0.1) is 12.8 Å². The van der Waals surface area contributed by atoms with Crippen LogP contribution in [0.2, 0.25) is 0 Å². The summed E-state index contributed by atoms with van der Waals surface area (Å²) in [4.78, 5) is 0. The molecule has 0 spiro atoms. The first-order valence-electron chi connectivity index (χ1n) is 6.83. The number of rotatable bonds is 4. The quantitative estimate of drug-likeness (QED) is 0.850. The van der Waals surface area contributed by atoms with Gasteiger partial charge in [0.2, 0.25) is 0 Å². The third-order valence-corrected chi connectivity index (χ3v) is 3.21. The zero-order chi connectivity index (χ0) is 16.2. The lowest BCUT2D eigenvalue weighted by Gasteiger charge is -2.06. The maximum atomic E-state index is 13.2. The van der Waals surface area contributed by atoms with E-state index in [-0.39, 0.29) is 11.7 Å². The van der Waals surface area contributed by atoms with Gasteiger partial charge < -0.3 is 10.5 Å². The van der Waals surface area contributed by atoms with Crippen molar-refractivity contribution in [1.82, 2.24) is 0 Å². The Hall–Kier alpha value is -3.22. The summed E-state index contributed by atoms with van der Waals surface area (Å²) >= 11 is 0. The average molecular weight is 311 g/mol. The van der Waals surface area contributed by atoms with Crippen molar-refractivity contribution >= 4 is 22.9 Å². The molecule has 7 heteroatoms. The van der Waals surface area contributed by atoms with E-state index in [1.165, 1.54) is 12.1 Å². The number of hydrogen-bond donors (Lipinski definition) is 2. The summed E-state index contributed by atoms with van der Waals surface area (Å²) in [7, 11) is 1.60. The highest BCUT2D eigenvalue weighted by atomic mass is 19.1. The van der Waals surface area contributed by atoms with Crippen molar-refractivity contribution in [3.63, 3.8) is 0 Å². The Labute approximate surface area is 132 Å². The molecule has 0 amide bonds. The van der Waals surface area contributed by atoms with Crippen molar-refractivity contribution in [3.8, 4) is 5.75 Å². The van der Waals surface area contributed by atoms with Gasteiger partial charge in [-0.15, -0.1) is 10.2 Å². The first-order chi connectivity index (χ1) is 11.2. The molecule has 1 aliphatic rings. The first-order valence-corrected chi connectivity index (χ1v) is 6.83. The molecule has 0 unspecified atom stereocenters. The van der Waals surface area contributed by atoms with E-state index >= 15 is 0 Å². The molecule has 23 heavy (non-hydrogen) atoms. The fourth-order valence-corrected chi connectivity index (χ4v) is 2.05. The van der Waals surface area contributed by atoms with Crippen LogP contribution >= 0.6 is 0 Å². The predicted octanol–water partition coefficient (Wildman–Crippen LogP) is 2.38. The van der Waals surface area contributed by atoms with Crippen LogP contribution in [0.1, 0.15) is 5.56 Å². The second kappa shape index (κ2) is 6.27. The number of nitrogens with zero attached hydrogens (tertiary/aromatic N) is 3. The van der Waals surface area contributed by atoms with E-state index in [4.69, 9.17) is 10.5 Å². The first kappa shape index (κ1) is 14.7. The number of anilines is 1. The number of amidine groups is 1. The van der Waals surface area contributed by atoms with E-state index in [1.54, 1.807) is 19.2 Å². The normalized spacial score (nSPS) is 15.3. The minimum atomic E-state index is -0.354. The molecule has 3 N–H and O–H groups in total. The van der Waals surface area contributed by atoms with E-state index in [9.17, 15) is 4.39 Å². The molecule has 0 saturated carbocycles. The van der Waals surface area contributed by atoms with Gasteiger partial charge in [-0.05, 0) is 42.5 Å². The zero-order valence-corrected chi connectivity index (χ0v) is 12.3. The van der Waals surface area contributed by atoms with Crippen LogP contribution in [0.4, 0.5) is 10.1 Å². The molecule has 0 radical (unpaired) electrons. The lowest BCUT2D eigenvalue weighted by Crippen LogP contribution is -2.28. The van der Waals surface area contributed by atoms with Gasteiger partial charge in [-0.1, -0.05) is 6.07 Å². The average Bonchev–Trinajstić information content (AvgIpc) is 2.94. The van der Waals surface area contributed by atoms with Crippen LogP contribution in [0.5, 0.6) is 5.75 Å². The van der Waals surface area contributed by atoms with Crippen molar-refractivity contribution in [3.05, 3.63) is 59.9 Å². The number of nitrogens with one attached hydrogen (secondary N) is 1. The van der Waals surface area contributed by atoms with Crippen molar-refractivity contribution in [2.75, 3.05) is 12.5 Å². The van der Waals surface area contributed by atoms with E-state index in [1.807, 2.05) is 24.3 Å². The highest BCUT2D eigenvalue weighted by Gasteiger charge is 2.21. The van der Waals surface area contributed by atoms with Crippen LogP contribution < -0.4 is 15.9 Å². The highest BCUT2D eigenvalue weighted by Crippen LogP contribution is 2.15. The predicted molar refractivity (Wildman–Crippen MR) is 88.6 cm³/mol. The lowest BCUT2D eigenvalue weighted by atomic mass is 10.1. The Bertz CT molecular complexity index is 811. The molecule has 0 atom stereocenters. The van der Waals surface area contributed by atoms with Gasteiger partial charge in [-0.25, -0.2) is 4.39 Å². The number of hydrogen-bond acceptors (Lipinski definition) is 6. The van der Waals surface area contributed by atoms with Crippen LogP contribution in [-0.2, 0) is 0 Å². The maximum absolute atomic E-state index is 13.2. The lowest BCUT2D eigenvalue weighted by molar-refractivity contribution is 0.415. The van der Waals surface area contributed by atoms with Crippen LogP contribution in [0, 0.1) is 5.82 Å². The Morgan fingerprint density at radius 2 is 1.91 bits per heavy atom. The van der Waals surface area contributed by atoms with E-state index in [0.29, 0.717) is 17.1 Å². The number of nitrogens with two attached hydrogens (primary N) is 1. The second-order valence-electron chi connectivity index (χ2n) is 4.74. The molecule has 2 aromatic rings. The van der Waals surface area contributed by atoms with Gasteiger partial charge in [-0.2, -0.15) is 5.10 Å². The number of halogens is 1. The van der Waals surface area contributed by atoms with Crippen molar-refractivity contribution in [2.45, 2.75) is 0 Å². The van der Waals surface area contributed by atoms with Gasteiger partial charge in [0.25, 0.3) is 0 Å². The summed E-state index contributed by atoms with van der Waals surface area (Å²) < 4.78 is 18.3. The SMILES string of the molecule is COc1ccc(C2=NN=C(N)/C2=N/Nc2cccc(F)c2)cc1. The third-order valence-electron chi connectivity index (χ3n) is 3.21. The zero-order valence-electron chi connectivity index (χ0n) is 12.3. The highest BCUT2D eigenvalue weighted by molar-refractivity contribution is 6.72. The largest absolute Gasteiger partial charge is 0.497 e. The summed E-state index contributed by atoms with van der Waals surface area (Å²) in [6, 6.07) is 13.3. The summed E-state index contributed by atoms with van der Waals surface area (Å²) in [5.41, 5.74) is 10.8. The molecule has 1 aliphatic heterocycles. The fourth-order valence-electron chi connectivity index (χ4n) is 2.05. The summed E-state index contributed by atoms with van der Waals surface area (Å²) in [6.07, 6.45) is 0. The minimum absolute atomic E-state index is 0.194. The molecule has 116 valence electrons. The van der Waals surface area contributed by atoms with Crippen LogP contribution in [0.3, 0.4) is 0 Å². The Morgan fingerprint density at radius 1 is 1.13 bits per heavy atom. The van der Waals surface area contributed by atoms with Crippen molar-refractivity contribution < 1.29 is 9.13 Å². The third kappa shape index (κ3) is 3.18. The van der Waals surface area contributed by atoms with E-state index in [0.717, 1.165) is 11.3 Å². The van der Waals surface area contributed by atoms with E-state index in [2.05, 4.69) is 20.7 Å². The van der Waals surface area contributed by atoms with Crippen molar-refractivity contribution in [1.29, 1.82) is 0 Å². The summed E-state index contributed by atoms with van der Waals surface area (Å²) in [5.74, 6) is 0.574. The number of benzene rings is 2. The molecule has 0 saturated heterocycles. The Kier molecular flexibility index (Phi) is 4.01. The second-order valence-corrected chi connectivity index (χ2v) is 4.74. The van der Waals surface area contributed by atoms with Gasteiger partial charge in [-0.3, -0.25) is 5.43 Å². The monoisotopic (exact) mass is 311 g/mol. The molecule has 3 rings (SSSR count). The van der Waals surface area contributed by atoms with Gasteiger partial charge in [0.15, 0.2) is 11.5 Å². The van der Waals surface area contributed by atoms with Crippen LogP contribution in [-0.4, -0.2) is 24.4 Å². The molecule has 2 aromatic carbocycles. The number of hydrazone groups is 1. The molecule has 1 heterocycles. The molecule has 0 aliphatic carbocycles. The molecule has 0 aromatic heterocycles. The standard InChI is InChI=1S/C16H14FN5O/c1-23-13-7-5-10(6-8-13)14-15(16(18)22-20-14)21-19-12-4-2-3-11(17)9-12/h2-9,19H,1H3,(H2,18,21,22). The Balaban J connectivity index is 1.85. The van der Waals surface area contributed by atoms with Gasteiger partial charge in [0.1, 0.15) is 17.3 Å².